The van der Waals surface area contributed by atoms with Gasteiger partial charge in [0.1, 0.15) is 13.2 Å². The molecule has 1 aromatic carbocycles. The fraction of sp³-hybridized carbons (Fsp3) is 0.222. The van der Waals surface area contributed by atoms with E-state index in [9.17, 15) is 4.79 Å². The summed E-state index contributed by atoms with van der Waals surface area (Å²) >= 11 is 5.79. The minimum Gasteiger partial charge on any atom is -0.486 e. The minimum atomic E-state index is 0.388. The third-order valence-electron chi connectivity index (χ3n) is 1.79. The Balaban J connectivity index is 2.50. The van der Waals surface area contributed by atoms with Crippen molar-refractivity contribution >= 4 is 17.9 Å². The Hall–Kier alpha value is -1.22. The van der Waals surface area contributed by atoms with E-state index >= 15 is 0 Å². The number of benzene rings is 1. The van der Waals surface area contributed by atoms with Crippen LogP contribution in [0.4, 0.5) is 0 Å². The van der Waals surface area contributed by atoms with Crippen molar-refractivity contribution in [3.8, 4) is 11.5 Å². The van der Waals surface area contributed by atoms with Gasteiger partial charge in [0.2, 0.25) is 0 Å². The van der Waals surface area contributed by atoms with Gasteiger partial charge in [-0.25, -0.2) is 0 Å². The summed E-state index contributed by atoms with van der Waals surface area (Å²) in [7, 11) is 0. The average Bonchev–Trinajstić information content (AvgIpc) is 2.17. The molecule has 4 heteroatoms. The van der Waals surface area contributed by atoms with Crippen LogP contribution in [0.25, 0.3) is 0 Å². The molecule has 0 spiro atoms. The van der Waals surface area contributed by atoms with Crippen LogP contribution in [-0.4, -0.2) is 19.5 Å². The molecule has 1 aliphatic heterocycles. The third kappa shape index (κ3) is 1.47. The van der Waals surface area contributed by atoms with Crippen molar-refractivity contribution in [2.24, 2.45) is 0 Å². The summed E-state index contributed by atoms with van der Waals surface area (Å²) in [6.45, 7) is 1.02. The number of ether oxygens (including phenoxy) is 2. The van der Waals surface area contributed by atoms with E-state index in [1.807, 2.05) is 0 Å². The van der Waals surface area contributed by atoms with Crippen LogP contribution in [-0.2, 0) is 0 Å². The zero-order valence-corrected chi connectivity index (χ0v) is 7.50. The molecule has 0 radical (unpaired) electrons. The largest absolute Gasteiger partial charge is 0.486 e. The van der Waals surface area contributed by atoms with Gasteiger partial charge in [0.05, 0.1) is 5.02 Å². The maximum atomic E-state index is 10.5. The molecule has 0 amide bonds. The van der Waals surface area contributed by atoms with Crippen molar-refractivity contribution in [1.82, 2.24) is 0 Å². The Kier molecular flexibility index (Phi) is 2.10. The predicted molar refractivity (Wildman–Crippen MR) is 47.8 cm³/mol. The molecule has 0 saturated heterocycles. The van der Waals surface area contributed by atoms with E-state index in [0.717, 1.165) is 0 Å². The number of carbonyl (C=O) groups is 1. The Morgan fingerprint density at radius 2 is 1.85 bits per heavy atom. The summed E-state index contributed by atoms with van der Waals surface area (Å²) in [5, 5.41) is 0.388. The molecule has 68 valence electrons. The topological polar surface area (TPSA) is 35.5 Å². The summed E-state index contributed by atoms with van der Waals surface area (Å²) < 4.78 is 10.6. The van der Waals surface area contributed by atoms with Gasteiger partial charge in [0, 0.05) is 11.6 Å². The molecule has 1 aliphatic rings. The zero-order valence-electron chi connectivity index (χ0n) is 6.75. The smallest absolute Gasteiger partial charge is 0.162 e. The first kappa shape index (κ1) is 8.38. The maximum Gasteiger partial charge on any atom is 0.162 e. The van der Waals surface area contributed by atoms with Crippen LogP contribution in [0.3, 0.4) is 0 Å². The molecule has 0 N–H and O–H groups in total. The van der Waals surface area contributed by atoms with E-state index in [0.29, 0.717) is 41.6 Å². The summed E-state index contributed by atoms with van der Waals surface area (Å²) in [5.41, 5.74) is 0.422. The lowest BCUT2D eigenvalue weighted by molar-refractivity contribution is 0.112. The van der Waals surface area contributed by atoms with Crippen LogP contribution in [0.15, 0.2) is 12.1 Å². The van der Waals surface area contributed by atoms with Crippen molar-refractivity contribution in [1.29, 1.82) is 0 Å². The summed E-state index contributed by atoms with van der Waals surface area (Å²) in [5.74, 6) is 1.18. The third-order valence-corrected chi connectivity index (χ3v) is 2.12. The number of aldehydes is 1. The number of hydrogen-bond donors (Lipinski definition) is 0. The molecule has 0 saturated carbocycles. The number of halogens is 1. The van der Waals surface area contributed by atoms with E-state index in [1.54, 1.807) is 12.1 Å². The van der Waals surface area contributed by atoms with Gasteiger partial charge in [-0.1, -0.05) is 11.6 Å². The molecule has 0 aliphatic carbocycles. The molecule has 13 heavy (non-hydrogen) atoms. The lowest BCUT2D eigenvalue weighted by Gasteiger charge is -2.18. The average molecular weight is 199 g/mol. The first-order chi connectivity index (χ1) is 6.31. The normalized spacial score (nSPS) is 13.9. The Bertz CT molecular complexity index is 349. The van der Waals surface area contributed by atoms with Gasteiger partial charge in [-0.2, -0.15) is 0 Å². The maximum absolute atomic E-state index is 10.5. The zero-order chi connectivity index (χ0) is 9.26. The van der Waals surface area contributed by atoms with Crippen molar-refractivity contribution in [2.45, 2.75) is 0 Å². The van der Waals surface area contributed by atoms with Crippen LogP contribution in [0.5, 0.6) is 11.5 Å². The summed E-state index contributed by atoms with van der Waals surface area (Å²) in [4.78, 5) is 10.5. The van der Waals surface area contributed by atoms with E-state index < -0.39 is 0 Å². The first-order valence-electron chi connectivity index (χ1n) is 3.85. The highest BCUT2D eigenvalue weighted by Crippen LogP contribution is 2.34. The van der Waals surface area contributed by atoms with Crippen LogP contribution >= 0.6 is 11.6 Å². The van der Waals surface area contributed by atoms with Crippen molar-refractivity contribution < 1.29 is 14.3 Å². The molecule has 1 aromatic rings. The van der Waals surface area contributed by atoms with E-state index in [4.69, 9.17) is 21.1 Å². The van der Waals surface area contributed by atoms with Crippen LogP contribution in [0.2, 0.25) is 5.02 Å². The molecule has 0 atom stereocenters. The van der Waals surface area contributed by atoms with Gasteiger partial charge in [0.25, 0.3) is 0 Å². The fourth-order valence-electron chi connectivity index (χ4n) is 1.17. The highest BCUT2D eigenvalue weighted by Gasteiger charge is 2.14. The number of rotatable bonds is 1. The quantitative estimate of drug-likeness (QED) is 0.647. The van der Waals surface area contributed by atoms with Crippen LogP contribution in [0, 0.1) is 0 Å². The monoisotopic (exact) mass is 198 g/mol. The second-order valence-electron chi connectivity index (χ2n) is 2.64. The van der Waals surface area contributed by atoms with Crippen LogP contribution in [0.1, 0.15) is 10.4 Å². The predicted octanol–water partition coefficient (Wildman–Crippen LogP) is 1.92. The van der Waals surface area contributed by atoms with Crippen LogP contribution < -0.4 is 9.47 Å². The van der Waals surface area contributed by atoms with Gasteiger partial charge in [-0.05, 0) is 6.07 Å². The van der Waals surface area contributed by atoms with Gasteiger partial charge >= 0.3 is 0 Å². The summed E-state index contributed by atoms with van der Waals surface area (Å²) in [6, 6.07) is 3.18. The Labute approximate surface area is 80.2 Å². The highest BCUT2D eigenvalue weighted by atomic mass is 35.5. The summed E-state index contributed by atoms with van der Waals surface area (Å²) in [6.07, 6.45) is 0.695. The van der Waals surface area contributed by atoms with Crippen molar-refractivity contribution in [3.63, 3.8) is 0 Å². The molecule has 0 fully saturated rings. The first-order valence-corrected chi connectivity index (χ1v) is 4.23. The van der Waals surface area contributed by atoms with E-state index in [1.165, 1.54) is 0 Å². The molecule has 2 rings (SSSR count). The lowest BCUT2D eigenvalue weighted by atomic mass is 10.2. The highest BCUT2D eigenvalue weighted by molar-refractivity contribution is 6.33. The number of hydrogen-bond acceptors (Lipinski definition) is 3. The molecular weight excluding hydrogens is 192 g/mol. The number of fused-ring (bicyclic) bond motifs is 1. The lowest BCUT2D eigenvalue weighted by Crippen LogP contribution is -2.15. The van der Waals surface area contributed by atoms with Crippen molar-refractivity contribution in [2.75, 3.05) is 13.2 Å². The molecule has 0 aromatic heterocycles. The Morgan fingerprint density at radius 1 is 1.23 bits per heavy atom. The van der Waals surface area contributed by atoms with Gasteiger partial charge in [-0.15, -0.1) is 0 Å². The van der Waals surface area contributed by atoms with Gasteiger partial charge in [-0.3, -0.25) is 4.79 Å². The minimum absolute atomic E-state index is 0.388. The van der Waals surface area contributed by atoms with Gasteiger partial charge in [0.15, 0.2) is 17.8 Å². The van der Waals surface area contributed by atoms with E-state index in [-0.39, 0.29) is 0 Å². The molecule has 0 unspecified atom stereocenters. The second-order valence-corrected chi connectivity index (χ2v) is 3.04. The van der Waals surface area contributed by atoms with Gasteiger partial charge < -0.3 is 9.47 Å². The number of carbonyl (C=O) groups excluding carboxylic acids is 1. The molecule has 1 heterocycles. The molecule has 3 nitrogen and oxygen atoms in total. The molecule has 0 bridgehead atoms. The van der Waals surface area contributed by atoms with Crippen molar-refractivity contribution in [3.05, 3.63) is 22.7 Å². The second kappa shape index (κ2) is 3.26. The Morgan fingerprint density at radius 3 is 2.46 bits per heavy atom. The standard InChI is InChI=1S/C9H7ClO3/c10-7-4-9-8(3-6(7)5-11)12-1-2-13-9/h3-5H,1-2H2. The molecular formula is C9H7ClO3. The van der Waals surface area contributed by atoms with E-state index in [2.05, 4.69) is 0 Å². The fourth-order valence-corrected chi connectivity index (χ4v) is 1.37. The SMILES string of the molecule is O=Cc1cc2c(cc1Cl)OCCO2.